The number of nitrogens with zero attached hydrogens (tertiary/aromatic N) is 1. The molecule has 2 rings (SSSR count). The summed E-state index contributed by atoms with van der Waals surface area (Å²) in [6.07, 6.45) is 0. The lowest BCUT2D eigenvalue weighted by Crippen LogP contribution is -2.37. The Bertz CT molecular complexity index is 554. The number of carbonyl (C=O) groups excluding carboxylic acids is 1. The Hall–Kier alpha value is -1.74. The van der Waals surface area contributed by atoms with E-state index in [1.807, 2.05) is 53.4 Å². The molecule has 2 nitrogen and oxygen atoms in total. The minimum atomic E-state index is 0.183. The monoisotopic (exact) mass is 299 g/mol. The second-order valence-electron chi connectivity index (χ2n) is 5.20. The average molecular weight is 299 g/mol. The first-order chi connectivity index (χ1) is 10.2. The number of carbonyl (C=O) groups is 1. The van der Waals surface area contributed by atoms with Crippen LogP contribution in [0.2, 0.25) is 0 Å². The van der Waals surface area contributed by atoms with E-state index < -0.39 is 0 Å². The molecule has 0 spiro atoms. The molecule has 0 aliphatic carbocycles. The Morgan fingerprint density at radius 2 is 1.57 bits per heavy atom. The van der Waals surface area contributed by atoms with Crippen LogP contribution in [-0.2, 0) is 11.3 Å². The van der Waals surface area contributed by atoms with Gasteiger partial charge in [0, 0.05) is 17.5 Å². The molecule has 0 saturated carbocycles. The predicted octanol–water partition coefficient (Wildman–Crippen LogP) is 4.22. The summed E-state index contributed by atoms with van der Waals surface area (Å²) in [7, 11) is 0. The fraction of sp³-hybridized carbons (Fsp3) is 0.278. The number of hydrogen-bond donors (Lipinski definition) is 0. The summed E-state index contributed by atoms with van der Waals surface area (Å²) in [5.74, 6) is 0.664. The van der Waals surface area contributed by atoms with E-state index in [9.17, 15) is 4.79 Å². The Morgan fingerprint density at radius 1 is 1.00 bits per heavy atom. The van der Waals surface area contributed by atoms with E-state index in [1.54, 1.807) is 11.8 Å². The summed E-state index contributed by atoms with van der Waals surface area (Å²) in [4.78, 5) is 15.5. The summed E-state index contributed by atoms with van der Waals surface area (Å²) in [6.45, 7) is 4.80. The molecule has 0 bridgehead atoms. The lowest BCUT2D eigenvalue weighted by Gasteiger charge is -2.27. The van der Waals surface area contributed by atoms with Gasteiger partial charge in [-0.15, -0.1) is 11.8 Å². The fourth-order valence-corrected chi connectivity index (χ4v) is 2.89. The van der Waals surface area contributed by atoms with Crippen molar-refractivity contribution in [3.8, 4) is 0 Å². The van der Waals surface area contributed by atoms with Crippen LogP contribution in [0.15, 0.2) is 65.6 Å². The lowest BCUT2D eigenvalue weighted by atomic mass is 10.2. The molecule has 0 aliphatic rings. The van der Waals surface area contributed by atoms with Crippen molar-refractivity contribution in [1.82, 2.24) is 4.90 Å². The predicted molar refractivity (Wildman–Crippen MR) is 89.3 cm³/mol. The first-order valence-corrected chi connectivity index (χ1v) is 8.16. The molecule has 2 aromatic rings. The van der Waals surface area contributed by atoms with Gasteiger partial charge >= 0.3 is 0 Å². The van der Waals surface area contributed by atoms with Crippen LogP contribution in [0.3, 0.4) is 0 Å². The van der Waals surface area contributed by atoms with E-state index in [0.717, 1.165) is 4.90 Å². The maximum atomic E-state index is 12.5. The zero-order chi connectivity index (χ0) is 15.1. The molecule has 1 amide bonds. The average Bonchev–Trinajstić information content (AvgIpc) is 2.52. The van der Waals surface area contributed by atoms with Crippen molar-refractivity contribution in [1.29, 1.82) is 0 Å². The first-order valence-electron chi connectivity index (χ1n) is 7.18. The van der Waals surface area contributed by atoms with Gasteiger partial charge in [-0.2, -0.15) is 0 Å². The summed E-state index contributed by atoms with van der Waals surface area (Å²) >= 11 is 1.59. The molecule has 0 unspecified atom stereocenters. The van der Waals surface area contributed by atoms with Gasteiger partial charge in [-0.05, 0) is 31.5 Å². The van der Waals surface area contributed by atoms with E-state index in [1.165, 1.54) is 5.56 Å². The van der Waals surface area contributed by atoms with Crippen molar-refractivity contribution in [2.45, 2.75) is 31.3 Å². The molecule has 0 radical (unpaired) electrons. The number of hydrogen-bond acceptors (Lipinski definition) is 2. The SMILES string of the molecule is CC(C)N(Cc1ccccc1)C(=O)CSc1ccccc1. The van der Waals surface area contributed by atoms with Crippen LogP contribution in [0.5, 0.6) is 0 Å². The normalized spacial score (nSPS) is 10.6. The van der Waals surface area contributed by atoms with E-state index >= 15 is 0 Å². The maximum Gasteiger partial charge on any atom is 0.233 e. The molecule has 0 heterocycles. The highest BCUT2D eigenvalue weighted by Crippen LogP contribution is 2.19. The van der Waals surface area contributed by atoms with E-state index in [4.69, 9.17) is 0 Å². The minimum Gasteiger partial charge on any atom is -0.335 e. The van der Waals surface area contributed by atoms with Gasteiger partial charge in [0.2, 0.25) is 5.91 Å². The zero-order valence-electron chi connectivity index (χ0n) is 12.5. The van der Waals surface area contributed by atoms with Gasteiger partial charge in [0.05, 0.1) is 5.75 Å². The first kappa shape index (κ1) is 15.6. The van der Waals surface area contributed by atoms with E-state index in [2.05, 4.69) is 26.0 Å². The summed E-state index contributed by atoms with van der Waals surface area (Å²) in [5.41, 5.74) is 1.17. The Kier molecular flexibility index (Phi) is 5.88. The van der Waals surface area contributed by atoms with Crippen LogP contribution in [0.1, 0.15) is 19.4 Å². The quantitative estimate of drug-likeness (QED) is 0.745. The molecule has 0 saturated heterocycles. The smallest absolute Gasteiger partial charge is 0.233 e. The van der Waals surface area contributed by atoms with E-state index in [0.29, 0.717) is 12.3 Å². The number of amides is 1. The van der Waals surface area contributed by atoms with Gasteiger partial charge in [-0.3, -0.25) is 4.79 Å². The molecular weight excluding hydrogens is 278 g/mol. The second-order valence-corrected chi connectivity index (χ2v) is 6.25. The largest absolute Gasteiger partial charge is 0.335 e. The Morgan fingerprint density at radius 3 is 2.14 bits per heavy atom. The van der Waals surface area contributed by atoms with Crippen LogP contribution < -0.4 is 0 Å². The summed E-state index contributed by atoms with van der Waals surface area (Å²) in [5, 5.41) is 0. The highest BCUT2D eigenvalue weighted by molar-refractivity contribution is 8.00. The lowest BCUT2D eigenvalue weighted by molar-refractivity contribution is -0.130. The van der Waals surface area contributed by atoms with Crippen molar-refractivity contribution < 1.29 is 4.79 Å². The standard InChI is InChI=1S/C18H21NOS/c1-15(2)19(13-16-9-5-3-6-10-16)18(20)14-21-17-11-7-4-8-12-17/h3-12,15H,13-14H2,1-2H3. The fourth-order valence-electron chi connectivity index (χ4n) is 2.08. The maximum absolute atomic E-state index is 12.5. The van der Waals surface area contributed by atoms with Crippen molar-refractivity contribution in [3.05, 3.63) is 66.2 Å². The van der Waals surface area contributed by atoms with Gasteiger partial charge < -0.3 is 4.90 Å². The Labute approximate surface area is 131 Å². The molecule has 110 valence electrons. The molecule has 0 aliphatic heterocycles. The van der Waals surface area contributed by atoms with Crippen LogP contribution >= 0.6 is 11.8 Å². The summed E-state index contributed by atoms with van der Waals surface area (Å²) < 4.78 is 0. The van der Waals surface area contributed by atoms with Gasteiger partial charge in [0.25, 0.3) is 0 Å². The number of benzene rings is 2. The minimum absolute atomic E-state index is 0.183. The van der Waals surface area contributed by atoms with Crippen LogP contribution in [0.4, 0.5) is 0 Å². The van der Waals surface area contributed by atoms with Gasteiger partial charge in [0.15, 0.2) is 0 Å². The topological polar surface area (TPSA) is 20.3 Å². The van der Waals surface area contributed by atoms with E-state index in [-0.39, 0.29) is 11.9 Å². The summed E-state index contributed by atoms with van der Waals surface area (Å²) in [6, 6.07) is 20.4. The van der Waals surface area contributed by atoms with Crippen molar-refractivity contribution >= 4 is 17.7 Å². The zero-order valence-corrected chi connectivity index (χ0v) is 13.3. The molecule has 2 aromatic carbocycles. The van der Waals surface area contributed by atoms with Crippen molar-refractivity contribution in [2.75, 3.05) is 5.75 Å². The Balaban J connectivity index is 1.96. The van der Waals surface area contributed by atoms with Gasteiger partial charge in [-0.1, -0.05) is 48.5 Å². The molecule has 0 aromatic heterocycles. The van der Waals surface area contributed by atoms with Crippen LogP contribution in [0.25, 0.3) is 0 Å². The second kappa shape index (κ2) is 7.89. The number of rotatable bonds is 6. The molecule has 3 heteroatoms. The third kappa shape index (κ3) is 4.94. The van der Waals surface area contributed by atoms with Crippen molar-refractivity contribution in [3.63, 3.8) is 0 Å². The highest BCUT2D eigenvalue weighted by atomic mass is 32.2. The molecule has 0 fully saturated rings. The molecular formula is C18H21NOS. The van der Waals surface area contributed by atoms with Gasteiger partial charge in [-0.25, -0.2) is 0 Å². The molecule has 0 N–H and O–H groups in total. The highest BCUT2D eigenvalue weighted by Gasteiger charge is 2.17. The third-order valence-electron chi connectivity index (χ3n) is 3.24. The van der Waals surface area contributed by atoms with Crippen LogP contribution in [-0.4, -0.2) is 22.6 Å². The molecule has 0 atom stereocenters. The van der Waals surface area contributed by atoms with Crippen molar-refractivity contribution in [2.24, 2.45) is 0 Å². The third-order valence-corrected chi connectivity index (χ3v) is 4.24. The van der Waals surface area contributed by atoms with Gasteiger partial charge in [0.1, 0.15) is 0 Å². The van der Waals surface area contributed by atoms with Crippen LogP contribution in [0, 0.1) is 0 Å². The molecule has 21 heavy (non-hydrogen) atoms. The number of thioether (sulfide) groups is 1.